The lowest BCUT2D eigenvalue weighted by Gasteiger charge is -2.23. The van der Waals surface area contributed by atoms with E-state index >= 15 is 0 Å². The van der Waals surface area contributed by atoms with Crippen molar-refractivity contribution < 1.29 is 14.3 Å². The van der Waals surface area contributed by atoms with Gasteiger partial charge in [-0.1, -0.05) is 11.6 Å². The second-order valence-corrected chi connectivity index (χ2v) is 5.48. The zero-order valence-corrected chi connectivity index (χ0v) is 14.2. The van der Waals surface area contributed by atoms with Crippen LogP contribution in [0.1, 0.15) is 16.8 Å². The minimum Gasteiger partial charge on any atom is -0.378 e. The van der Waals surface area contributed by atoms with Gasteiger partial charge in [-0.25, -0.2) is 0 Å². The van der Waals surface area contributed by atoms with Crippen LogP contribution in [0.15, 0.2) is 24.3 Å². The summed E-state index contributed by atoms with van der Waals surface area (Å²) in [6.45, 7) is 2.79. The van der Waals surface area contributed by atoms with Crippen LogP contribution < -0.4 is 16.0 Å². The predicted octanol–water partition coefficient (Wildman–Crippen LogP) is 0.986. The highest BCUT2D eigenvalue weighted by Gasteiger charge is 2.16. The van der Waals surface area contributed by atoms with Gasteiger partial charge in [0.2, 0.25) is 5.91 Å². The van der Waals surface area contributed by atoms with Gasteiger partial charge in [0.15, 0.2) is 0 Å². The predicted molar refractivity (Wildman–Crippen MR) is 91.3 cm³/mol. The van der Waals surface area contributed by atoms with Crippen LogP contribution >= 0.6 is 24.0 Å². The fraction of sp³-hybridized carbons (Fsp3) is 0.467. The highest BCUT2D eigenvalue weighted by atomic mass is 35.5. The van der Waals surface area contributed by atoms with Crippen molar-refractivity contribution in [2.45, 2.75) is 12.5 Å². The summed E-state index contributed by atoms with van der Waals surface area (Å²) in [6.07, 6.45) is 0.380. The number of morpholine rings is 1. The van der Waals surface area contributed by atoms with Crippen molar-refractivity contribution in [3.63, 3.8) is 0 Å². The standard InChI is InChI=1S/C15H20ClN3O3.ClH/c16-12-3-1-11(2-4-12)15(21)19-6-5-18-14(20)9-13-10-22-8-7-17-13;/h1-4,13,17H,5-10H2,(H,18,20)(H,19,21);1H. The first-order valence-corrected chi connectivity index (χ1v) is 7.64. The molecule has 2 amide bonds. The number of nitrogens with one attached hydrogen (secondary N) is 3. The van der Waals surface area contributed by atoms with Gasteiger partial charge in [-0.05, 0) is 24.3 Å². The maximum absolute atomic E-state index is 11.8. The molecule has 0 aliphatic carbocycles. The Morgan fingerprint density at radius 2 is 1.91 bits per heavy atom. The van der Waals surface area contributed by atoms with Crippen molar-refractivity contribution in [2.75, 3.05) is 32.8 Å². The van der Waals surface area contributed by atoms with Crippen LogP contribution in [-0.4, -0.2) is 50.7 Å². The molecule has 6 nitrogen and oxygen atoms in total. The van der Waals surface area contributed by atoms with E-state index in [4.69, 9.17) is 16.3 Å². The summed E-state index contributed by atoms with van der Waals surface area (Å²) in [5.74, 6) is -0.239. The summed E-state index contributed by atoms with van der Waals surface area (Å²) in [4.78, 5) is 23.6. The molecule has 128 valence electrons. The smallest absolute Gasteiger partial charge is 0.251 e. The molecular formula is C15H21Cl2N3O3. The van der Waals surface area contributed by atoms with Gasteiger partial charge >= 0.3 is 0 Å². The Hall–Kier alpha value is -1.34. The Morgan fingerprint density at radius 3 is 2.57 bits per heavy atom. The topological polar surface area (TPSA) is 79.5 Å². The van der Waals surface area contributed by atoms with Crippen LogP contribution in [0.5, 0.6) is 0 Å². The summed E-state index contributed by atoms with van der Waals surface area (Å²) < 4.78 is 5.29. The first-order chi connectivity index (χ1) is 10.6. The van der Waals surface area contributed by atoms with Crippen LogP contribution in [0.25, 0.3) is 0 Å². The summed E-state index contributed by atoms with van der Waals surface area (Å²) in [5, 5.41) is 9.32. The molecule has 1 aromatic carbocycles. The lowest BCUT2D eigenvalue weighted by atomic mass is 10.2. The third-order valence-corrected chi connectivity index (χ3v) is 3.52. The summed E-state index contributed by atoms with van der Waals surface area (Å²) in [7, 11) is 0. The fourth-order valence-corrected chi connectivity index (χ4v) is 2.25. The second kappa shape index (κ2) is 10.4. The molecule has 0 spiro atoms. The molecule has 0 saturated carbocycles. The fourth-order valence-electron chi connectivity index (χ4n) is 2.13. The van der Waals surface area contributed by atoms with E-state index in [0.29, 0.717) is 43.3 Å². The van der Waals surface area contributed by atoms with Crippen molar-refractivity contribution in [2.24, 2.45) is 0 Å². The number of rotatable bonds is 6. The van der Waals surface area contributed by atoms with Gasteiger partial charge in [0.1, 0.15) is 0 Å². The molecule has 3 N–H and O–H groups in total. The number of carbonyl (C=O) groups is 2. The third kappa shape index (κ3) is 7.18. The van der Waals surface area contributed by atoms with Crippen molar-refractivity contribution in [1.82, 2.24) is 16.0 Å². The number of hydrogen-bond acceptors (Lipinski definition) is 4. The molecule has 2 rings (SSSR count). The number of benzene rings is 1. The van der Waals surface area contributed by atoms with E-state index < -0.39 is 0 Å². The first-order valence-electron chi connectivity index (χ1n) is 7.27. The van der Waals surface area contributed by atoms with Crippen molar-refractivity contribution in [3.8, 4) is 0 Å². The molecule has 1 saturated heterocycles. The highest BCUT2D eigenvalue weighted by molar-refractivity contribution is 6.30. The van der Waals surface area contributed by atoms with E-state index in [1.54, 1.807) is 24.3 Å². The van der Waals surface area contributed by atoms with Crippen LogP contribution in [-0.2, 0) is 9.53 Å². The van der Waals surface area contributed by atoms with Crippen molar-refractivity contribution >= 4 is 35.8 Å². The maximum atomic E-state index is 11.8. The van der Waals surface area contributed by atoms with Gasteiger partial charge in [-0.15, -0.1) is 12.4 Å². The Bertz CT molecular complexity index is 505. The van der Waals surface area contributed by atoms with Gasteiger partial charge in [0.05, 0.1) is 13.2 Å². The molecular weight excluding hydrogens is 341 g/mol. The molecule has 23 heavy (non-hydrogen) atoms. The third-order valence-electron chi connectivity index (χ3n) is 3.27. The summed E-state index contributed by atoms with van der Waals surface area (Å²) in [6, 6.07) is 6.71. The summed E-state index contributed by atoms with van der Waals surface area (Å²) in [5.41, 5.74) is 0.541. The molecule has 0 bridgehead atoms. The minimum atomic E-state index is -0.187. The molecule has 1 unspecified atom stereocenters. The number of ether oxygens (including phenoxy) is 1. The van der Waals surface area contributed by atoms with Crippen LogP contribution in [0.4, 0.5) is 0 Å². The monoisotopic (exact) mass is 361 g/mol. The van der Waals surface area contributed by atoms with E-state index in [9.17, 15) is 9.59 Å². The number of hydrogen-bond donors (Lipinski definition) is 3. The quantitative estimate of drug-likeness (QED) is 0.660. The number of halogens is 2. The molecule has 1 aromatic rings. The van der Waals surface area contributed by atoms with Gasteiger partial charge in [-0.2, -0.15) is 0 Å². The van der Waals surface area contributed by atoms with Gasteiger partial charge in [0, 0.05) is 42.7 Å². The average molecular weight is 362 g/mol. The summed E-state index contributed by atoms with van der Waals surface area (Å²) >= 11 is 5.76. The molecule has 1 atom stereocenters. The van der Waals surface area contributed by atoms with Gasteiger partial charge < -0.3 is 20.7 Å². The average Bonchev–Trinajstić information content (AvgIpc) is 2.53. The van der Waals surface area contributed by atoms with Crippen LogP contribution in [0, 0.1) is 0 Å². The van der Waals surface area contributed by atoms with Crippen LogP contribution in [0.2, 0.25) is 5.02 Å². The Balaban J connectivity index is 0.00000264. The van der Waals surface area contributed by atoms with Gasteiger partial charge in [0.25, 0.3) is 5.91 Å². The van der Waals surface area contributed by atoms with Crippen LogP contribution in [0.3, 0.4) is 0 Å². The Morgan fingerprint density at radius 1 is 1.22 bits per heavy atom. The van der Waals surface area contributed by atoms with E-state index in [1.165, 1.54) is 0 Å². The molecule has 0 aromatic heterocycles. The minimum absolute atomic E-state index is 0. The van der Waals surface area contributed by atoms with E-state index in [1.807, 2.05) is 0 Å². The molecule has 0 radical (unpaired) electrons. The van der Waals surface area contributed by atoms with E-state index in [2.05, 4.69) is 16.0 Å². The normalized spacial score (nSPS) is 17.0. The lowest BCUT2D eigenvalue weighted by molar-refractivity contribution is -0.122. The Kier molecular flexibility index (Phi) is 8.94. The molecule has 1 aliphatic heterocycles. The molecule has 8 heteroatoms. The second-order valence-electron chi connectivity index (χ2n) is 5.04. The SMILES string of the molecule is Cl.O=C(CC1COCCN1)NCCNC(=O)c1ccc(Cl)cc1. The highest BCUT2D eigenvalue weighted by Crippen LogP contribution is 2.09. The molecule has 1 aliphatic rings. The zero-order valence-electron chi connectivity index (χ0n) is 12.6. The first kappa shape index (κ1) is 19.7. The van der Waals surface area contributed by atoms with E-state index in [-0.39, 0.29) is 30.3 Å². The zero-order chi connectivity index (χ0) is 15.8. The maximum Gasteiger partial charge on any atom is 0.251 e. The van der Waals surface area contributed by atoms with Crippen molar-refractivity contribution in [3.05, 3.63) is 34.9 Å². The number of carbonyl (C=O) groups excluding carboxylic acids is 2. The van der Waals surface area contributed by atoms with Crippen molar-refractivity contribution in [1.29, 1.82) is 0 Å². The number of amides is 2. The van der Waals surface area contributed by atoms with Gasteiger partial charge in [-0.3, -0.25) is 9.59 Å². The lowest BCUT2D eigenvalue weighted by Crippen LogP contribution is -2.45. The largest absolute Gasteiger partial charge is 0.378 e. The Labute approximate surface area is 146 Å². The molecule has 1 heterocycles. The molecule has 1 fully saturated rings. The van der Waals surface area contributed by atoms with E-state index in [0.717, 1.165) is 6.54 Å².